The van der Waals surface area contributed by atoms with Gasteiger partial charge in [0.25, 0.3) is 0 Å². The molecule has 2 heterocycles. The third-order valence-corrected chi connectivity index (χ3v) is 2.92. The molecule has 0 spiro atoms. The van der Waals surface area contributed by atoms with Gasteiger partial charge in [-0.1, -0.05) is 0 Å². The van der Waals surface area contributed by atoms with Crippen LogP contribution in [0, 0.1) is 17.0 Å². The summed E-state index contributed by atoms with van der Waals surface area (Å²) in [6.07, 6.45) is 2.63. The van der Waals surface area contributed by atoms with Crippen LogP contribution in [0.15, 0.2) is 28.6 Å². The van der Waals surface area contributed by atoms with Gasteiger partial charge in [0, 0.05) is 11.9 Å². The van der Waals surface area contributed by atoms with Gasteiger partial charge < -0.3 is 0 Å². The summed E-state index contributed by atoms with van der Waals surface area (Å²) >= 11 is 6.59. The lowest BCUT2D eigenvalue weighted by atomic mass is 10.5. The van der Waals surface area contributed by atoms with Gasteiger partial charge in [-0.05, 0) is 36.4 Å². The summed E-state index contributed by atoms with van der Waals surface area (Å²) in [5.74, 6) is 0. The van der Waals surface area contributed by atoms with Gasteiger partial charge in [0.2, 0.25) is 5.28 Å². The average Bonchev–Trinajstić information content (AvgIpc) is 2.28. The Morgan fingerprint density at radius 1 is 1.39 bits per heavy atom. The highest BCUT2D eigenvalue weighted by atomic mass is 35.5. The third kappa shape index (κ3) is 2.90. The van der Waals surface area contributed by atoms with Gasteiger partial charge in [-0.2, -0.15) is 0 Å². The van der Waals surface area contributed by atoms with E-state index in [0.717, 1.165) is 23.7 Å². The van der Waals surface area contributed by atoms with Crippen LogP contribution in [0.4, 0.5) is 5.69 Å². The van der Waals surface area contributed by atoms with Crippen molar-refractivity contribution in [1.29, 1.82) is 0 Å². The zero-order valence-electron chi connectivity index (χ0n) is 9.07. The molecule has 0 atom stereocenters. The van der Waals surface area contributed by atoms with E-state index >= 15 is 0 Å². The van der Waals surface area contributed by atoms with Gasteiger partial charge in [0.15, 0.2) is 10.2 Å². The van der Waals surface area contributed by atoms with E-state index in [4.69, 9.17) is 11.6 Å². The Balaban J connectivity index is 2.39. The smallest absolute Gasteiger partial charge is 0.258 e. The number of halogens is 1. The number of aryl methyl sites for hydroxylation is 1. The minimum Gasteiger partial charge on any atom is -0.258 e. The molecule has 18 heavy (non-hydrogen) atoms. The minimum absolute atomic E-state index is 0.0595. The highest BCUT2D eigenvalue weighted by Gasteiger charge is 2.19. The van der Waals surface area contributed by atoms with E-state index in [2.05, 4.69) is 19.9 Å². The Labute approximate surface area is 111 Å². The topological polar surface area (TPSA) is 94.7 Å². The highest BCUT2D eigenvalue weighted by Crippen LogP contribution is 2.31. The predicted molar refractivity (Wildman–Crippen MR) is 64.6 cm³/mol. The molecule has 0 aromatic carbocycles. The van der Waals surface area contributed by atoms with Crippen LogP contribution in [0.1, 0.15) is 5.69 Å². The van der Waals surface area contributed by atoms with Crippen molar-refractivity contribution < 1.29 is 4.92 Å². The summed E-state index contributed by atoms with van der Waals surface area (Å²) in [4.78, 5) is 25.8. The van der Waals surface area contributed by atoms with Crippen molar-refractivity contribution in [3.8, 4) is 0 Å². The molecule has 9 heteroatoms. The molecular formula is C9H6ClN5O2S. The van der Waals surface area contributed by atoms with Crippen LogP contribution in [-0.4, -0.2) is 24.9 Å². The quantitative estimate of drug-likeness (QED) is 0.369. The summed E-state index contributed by atoms with van der Waals surface area (Å²) in [5, 5.41) is 11.2. The van der Waals surface area contributed by atoms with Gasteiger partial charge in [-0.15, -0.1) is 0 Å². The molecule has 0 saturated carbocycles. The van der Waals surface area contributed by atoms with Crippen LogP contribution in [0.25, 0.3) is 0 Å². The van der Waals surface area contributed by atoms with E-state index in [-0.39, 0.29) is 16.0 Å². The molecule has 2 aromatic heterocycles. The zero-order chi connectivity index (χ0) is 13.1. The molecule has 2 aromatic rings. The Morgan fingerprint density at radius 3 is 2.83 bits per heavy atom. The Hall–Kier alpha value is -1.80. The Bertz CT molecular complexity index is 609. The number of nitrogens with zero attached hydrogens (tertiary/aromatic N) is 5. The first kappa shape index (κ1) is 12.7. The second-order valence-corrected chi connectivity index (χ2v) is 4.46. The number of nitro groups is 1. The van der Waals surface area contributed by atoms with E-state index in [9.17, 15) is 10.1 Å². The number of hydrogen-bond donors (Lipinski definition) is 0. The van der Waals surface area contributed by atoms with E-state index in [1.54, 1.807) is 19.2 Å². The van der Waals surface area contributed by atoms with Crippen LogP contribution in [-0.2, 0) is 0 Å². The van der Waals surface area contributed by atoms with Gasteiger partial charge in [-0.3, -0.25) is 10.1 Å². The maximum Gasteiger partial charge on any atom is 0.320 e. The molecule has 92 valence electrons. The van der Waals surface area contributed by atoms with E-state index in [1.807, 2.05) is 0 Å². The second-order valence-electron chi connectivity index (χ2n) is 3.17. The molecule has 0 aliphatic rings. The molecule has 0 amide bonds. The van der Waals surface area contributed by atoms with Crippen LogP contribution in [0.5, 0.6) is 0 Å². The molecule has 0 bridgehead atoms. The molecule has 0 radical (unpaired) electrons. The molecule has 7 nitrogen and oxygen atoms in total. The van der Waals surface area contributed by atoms with Crippen molar-refractivity contribution in [1.82, 2.24) is 19.9 Å². The van der Waals surface area contributed by atoms with Crippen LogP contribution >= 0.6 is 23.4 Å². The second kappa shape index (κ2) is 5.23. The lowest BCUT2D eigenvalue weighted by Crippen LogP contribution is -1.97. The summed E-state index contributed by atoms with van der Waals surface area (Å²) in [5.41, 5.74) is 0.532. The molecule has 0 N–H and O–H groups in total. The standard InChI is InChI=1S/C9H6ClN5O2S/c1-5-2-3-11-9(13-5)18-7-6(15(16)17)4-12-8(10)14-7/h2-4H,1H3. The van der Waals surface area contributed by atoms with Crippen LogP contribution < -0.4 is 0 Å². The molecule has 2 rings (SSSR count). The predicted octanol–water partition coefficient (Wildman–Crippen LogP) is 2.29. The Morgan fingerprint density at radius 2 is 2.17 bits per heavy atom. The first-order valence-corrected chi connectivity index (χ1v) is 5.90. The van der Waals surface area contributed by atoms with Crippen molar-refractivity contribution in [2.75, 3.05) is 0 Å². The summed E-state index contributed by atoms with van der Waals surface area (Å²) in [6.45, 7) is 1.80. The summed E-state index contributed by atoms with van der Waals surface area (Å²) in [6, 6.07) is 1.73. The normalized spacial score (nSPS) is 10.3. The maximum absolute atomic E-state index is 10.8. The van der Waals surface area contributed by atoms with E-state index < -0.39 is 4.92 Å². The van der Waals surface area contributed by atoms with Crippen LogP contribution in [0.2, 0.25) is 5.28 Å². The monoisotopic (exact) mass is 283 g/mol. The molecule has 0 saturated heterocycles. The number of aromatic nitrogens is 4. The van der Waals surface area contributed by atoms with Crippen molar-refractivity contribution in [3.63, 3.8) is 0 Å². The molecular weight excluding hydrogens is 278 g/mol. The molecule has 0 aliphatic carbocycles. The lowest BCUT2D eigenvalue weighted by Gasteiger charge is -2.01. The minimum atomic E-state index is -0.575. The third-order valence-electron chi connectivity index (χ3n) is 1.86. The fraction of sp³-hybridized carbons (Fsp3) is 0.111. The first-order valence-electron chi connectivity index (χ1n) is 4.70. The fourth-order valence-electron chi connectivity index (χ4n) is 1.10. The van der Waals surface area contributed by atoms with E-state index in [1.165, 1.54) is 0 Å². The molecule has 0 unspecified atom stereocenters. The first-order chi connectivity index (χ1) is 8.56. The van der Waals surface area contributed by atoms with E-state index in [0.29, 0.717) is 5.16 Å². The largest absolute Gasteiger partial charge is 0.320 e. The summed E-state index contributed by atoms with van der Waals surface area (Å²) < 4.78 is 0. The van der Waals surface area contributed by atoms with Gasteiger partial charge in [0.05, 0.1) is 4.92 Å². The number of hydrogen-bond acceptors (Lipinski definition) is 7. The van der Waals surface area contributed by atoms with Gasteiger partial charge in [0.1, 0.15) is 6.20 Å². The zero-order valence-corrected chi connectivity index (χ0v) is 10.6. The van der Waals surface area contributed by atoms with Crippen LogP contribution in [0.3, 0.4) is 0 Å². The fourth-order valence-corrected chi connectivity index (χ4v) is 2.12. The lowest BCUT2D eigenvalue weighted by molar-refractivity contribution is -0.388. The highest BCUT2D eigenvalue weighted by molar-refractivity contribution is 7.99. The van der Waals surface area contributed by atoms with Crippen molar-refractivity contribution >= 4 is 29.1 Å². The van der Waals surface area contributed by atoms with Crippen molar-refractivity contribution in [3.05, 3.63) is 39.6 Å². The molecule has 0 aliphatic heterocycles. The van der Waals surface area contributed by atoms with Gasteiger partial charge in [-0.25, -0.2) is 19.9 Å². The van der Waals surface area contributed by atoms with Crippen molar-refractivity contribution in [2.45, 2.75) is 17.1 Å². The number of rotatable bonds is 3. The Kier molecular flexibility index (Phi) is 3.68. The van der Waals surface area contributed by atoms with Crippen molar-refractivity contribution in [2.24, 2.45) is 0 Å². The summed E-state index contributed by atoms with van der Waals surface area (Å²) in [7, 11) is 0. The maximum atomic E-state index is 10.8. The molecule has 0 fully saturated rings. The SMILES string of the molecule is Cc1ccnc(Sc2nc(Cl)ncc2[N+](=O)[O-])n1. The average molecular weight is 284 g/mol. The van der Waals surface area contributed by atoms with Gasteiger partial charge >= 0.3 is 5.69 Å².